The number of halogens is 1. The standard InChI is InChI=1S/C19H21ClN4O4/c1-11-12(2)28-19(14(11)8-21)23-18(26)10-24(3)9-17(25)22-15-7-13(20)5-6-16(15)27-4/h5-7H,9-10H2,1-4H3,(H,22,25)(H,23,26). The summed E-state index contributed by atoms with van der Waals surface area (Å²) in [6.07, 6.45) is 0. The van der Waals surface area contributed by atoms with Crippen molar-refractivity contribution in [1.29, 1.82) is 5.26 Å². The summed E-state index contributed by atoms with van der Waals surface area (Å²) in [6, 6.07) is 6.89. The predicted molar refractivity (Wildman–Crippen MR) is 106 cm³/mol. The van der Waals surface area contributed by atoms with Gasteiger partial charge in [0.2, 0.25) is 17.7 Å². The average Bonchev–Trinajstić information content (AvgIpc) is 2.87. The summed E-state index contributed by atoms with van der Waals surface area (Å²) in [7, 11) is 3.11. The molecule has 0 spiro atoms. The van der Waals surface area contributed by atoms with Crippen LogP contribution in [-0.2, 0) is 9.59 Å². The van der Waals surface area contributed by atoms with Crippen molar-refractivity contribution in [2.24, 2.45) is 0 Å². The number of hydrogen-bond acceptors (Lipinski definition) is 6. The Kier molecular flexibility index (Phi) is 7.04. The van der Waals surface area contributed by atoms with Crippen LogP contribution in [0.1, 0.15) is 16.9 Å². The normalized spacial score (nSPS) is 10.5. The van der Waals surface area contributed by atoms with Crippen molar-refractivity contribution in [1.82, 2.24) is 4.90 Å². The molecule has 0 aliphatic heterocycles. The minimum atomic E-state index is -0.402. The number of ether oxygens (including phenoxy) is 1. The van der Waals surface area contributed by atoms with E-state index in [1.54, 1.807) is 39.1 Å². The number of furan rings is 1. The van der Waals surface area contributed by atoms with E-state index in [0.717, 1.165) is 0 Å². The first-order valence-electron chi connectivity index (χ1n) is 8.37. The van der Waals surface area contributed by atoms with Crippen molar-refractivity contribution in [3.05, 3.63) is 40.1 Å². The Bertz CT molecular complexity index is 933. The van der Waals surface area contributed by atoms with Crippen LogP contribution < -0.4 is 15.4 Å². The zero-order valence-electron chi connectivity index (χ0n) is 16.1. The van der Waals surface area contributed by atoms with Gasteiger partial charge < -0.3 is 14.5 Å². The molecule has 0 saturated heterocycles. The lowest BCUT2D eigenvalue weighted by atomic mass is 10.2. The topological polar surface area (TPSA) is 108 Å². The molecule has 28 heavy (non-hydrogen) atoms. The number of carbonyl (C=O) groups excluding carboxylic acids is 2. The van der Waals surface area contributed by atoms with Gasteiger partial charge in [0.1, 0.15) is 23.1 Å². The third-order valence-corrected chi connectivity index (χ3v) is 4.25. The van der Waals surface area contributed by atoms with Crippen LogP contribution in [0.25, 0.3) is 0 Å². The van der Waals surface area contributed by atoms with Crippen molar-refractivity contribution >= 4 is 35.0 Å². The molecule has 8 nitrogen and oxygen atoms in total. The lowest BCUT2D eigenvalue weighted by molar-refractivity contribution is -0.119. The van der Waals surface area contributed by atoms with Crippen molar-refractivity contribution < 1.29 is 18.7 Å². The van der Waals surface area contributed by atoms with Gasteiger partial charge >= 0.3 is 0 Å². The van der Waals surface area contributed by atoms with E-state index in [2.05, 4.69) is 10.6 Å². The van der Waals surface area contributed by atoms with Gasteiger partial charge in [0.25, 0.3) is 0 Å². The minimum Gasteiger partial charge on any atom is -0.495 e. The van der Waals surface area contributed by atoms with E-state index >= 15 is 0 Å². The number of benzene rings is 1. The van der Waals surface area contributed by atoms with Crippen molar-refractivity contribution in [3.8, 4) is 11.8 Å². The molecule has 148 valence electrons. The van der Waals surface area contributed by atoms with E-state index in [4.69, 9.17) is 20.8 Å². The maximum atomic E-state index is 12.2. The molecule has 0 fully saturated rings. The molecule has 9 heteroatoms. The summed E-state index contributed by atoms with van der Waals surface area (Å²) in [5.74, 6) is 0.420. The molecular weight excluding hydrogens is 384 g/mol. The second-order valence-electron chi connectivity index (χ2n) is 6.21. The van der Waals surface area contributed by atoms with Crippen LogP contribution in [0.4, 0.5) is 11.6 Å². The molecular formula is C19H21ClN4O4. The molecule has 0 aliphatic rings. The Morgan fingerprint density at radius 3 is 2.50 bits per heavy atom. The SMILES string of the molecule is COc1ccc(Cl)cc1NC(=O)CN(C)CC(=O)Nc1oc(C)c(C)c1C#N. The van der Waals surface area contributed by atoms with Crippen molar-refractivity contribution in [3.63, 3.8) is 0 Å². The van der Waals surface area contributed by atoms with E-state index < -0.39 is 5.91 Å². The number of anilines is 2. The summed E-state index contributed by atoms with van der Waals surface area (Å²) in [6.45, 7) is 3.36. The molecule has 1 aromatic carbocycles. The zero-order chi connectivity index (χ0) is 20.8. The van der Waals surface area contributed by atoms with Crippen LogP contribution in [0, 0.1) is 25.2 Å². The number of aryl methyl sites for hydroxylation is 1. The Balaban J connectivity index is 1.93. The van der Waals surface area contributed by atoms with Gasteiger partial charge in [-0.15, -0.1) is 0 Å². The summed E-state index contributed by atoms with van der Waals surface area (Å²) < 4.78 is 10.6. The maximum Gasteiger partial charge on any atom is 0.240 e. The van der Waals surface area contributed by atoms with Gasteiger partial charge in [0.15, 0.2) is 0 Å². The fourth-order valence-corrected chi connectivity index (χ4v) is 2.70. The maximum absolute atomic E-state index is 12.2. The number of amides is 2. The lowest BCUT2D eigenvalue weighted by Gasteiger charge is -2.16. The van der Waals surface area contributed by atoms with Crippen molar-refractivity contribution in [2.45, 2.75) is 13.8 Å². The summed E-state index contributed by atoms with van der Waals surface area (Å²) in [5.41, 5.74) is 1.42. The number of nitrogens with zero attached hydrogens (tertiary/aromatic N) is 2. The van der Waals surface area contributed by atoms with Gasteiger partial charge in [-0.2, -0.15) is 5.26 Å². The first-order chi connectivity index (χ1) is 13.2. The monoisotopic (exact) mass is 404 g/mol. The van der Waals surface area contributed by atoms with E-state index in [-0.39, 0.29) is 24.9 Å². The van der Waals surface area contributed by atoms with E-state index in [0.29, 0.717) is 33.3 Å². The van der Waals surface area contributed by atoms with Crippen LogP contribution in [-0.4, -0.2) is 44.0 Å². The van der Waals surface area contributed by atoms with Gasteiger partial charge in [-0.05, 0) is 39.1 Å². The predicted octanol–water partition coefficient (Wildman–Crippen LogP) is 2.94. The Morgan fingerprint density at radius 1 is 1.25 bits per heavy atom. The number of likely N-dealkylation sites (N-methyl/N-ethyl adjacent to an activating group) is 1. The molecule has 2 N–H and O–H groups in total. The van der Waals surface area contributed by atoms with Gasteiger partial charge in [-0.3, -0.25) is 19.8 Å². The largest absolute Gasteiger partial charge is 0.495 e. The molecule has 0 aliphatic carbocycles. The number of hydrogen-bond donors (Lipinski definition) is 2. The Morgan fingerprint density at radius 2 is 1.89 bits per heavy atom. The van der Waals surface area contributed by atoms with Gasteiger partial charge in [-0.25, -0.2) is 0 Å². The minimum absolute atomic E-state index is 0.0373. The van der Waals surface area contributed by atoms with Crippen LogP contribution in [0.15, 0.2) is 22.6 Å². The highest BCUT2D eigenvalue weighted by atomic mass is 35.5. The number of carbonyl (C=O) groups is 2. The molecule has 0 unspecified atom stereocenters. The average molecular weight is 405 g/mol. The molecule has 1 heterocycles. The molecule has 0 atom stereocenters. The van der Waals surface area contributed by atoms with E-state index in [1.807, 2.05) is 6.07 Å². The van der Waals surface area contributed by atoms with Gasteiger partial charge in [0.05, 0.1) is 25.9 Å². The lowest BCUT2D eigenvalue weighted by Crippen LogP contribution is -2.36. The second-order valence-corrected chi connectivity index (χ2v) is 6.65. The number of nitrogens with one attached hydrogen (secondary N) is 2. The van der Waals surface area contributed by atoms with Crippen LogP contribution >= 0.6 is 11.6 Å². The molecule has 0 bridgehead atoms. The van der Waals surface area contributed by atoms with Gasteiger partial charge in [0, 0.05) is 10.6 Å². The first-order valence-corrected chi connectivity index (χ1v) is 8.74. The second kappa shape index (κ2) is 9.26. The smallest absolute Gasteiger partial charge is 0.240 e. The third kappa shape index (κ3) is 5.25. The summed E-state index contributed by atoms with van der Waals surface area (Å²) in [4.78, 5) is 26.0. The Hall–Kier alpha value is -3.02. The zero-order valence-corrected chi connectivity index (χ0v) is 16.8. The summed E-state index contributed by atoms with van der Waals surface area (Å²) in [5, 5.41) is 14.9. The fraction of sp³-hybridized carbons (Fsp3) is 0.316. The van der Waals surface area contributed by atoms with Gasteiger partial charge in [-0.1, -0.05) is 11.6 Å². The number of nitriles is 1. The van der Waals surface area contributed by atoms with Crippen molar-refractivity contribution in [2.75, 3.05) is 37.9 Å². The quantitative estimate of drug-likeness (QED) is 0.734. The highest BCUT2D eigenvalue weighted by Gasteiger charge is 2.18. The molecule has 2 aromatic rings. The highest BCUT2D eigenvalue weighted by molar-refractivity contribution is 6.31. The molecule has 1 aromatic heterocycles. The van der Waals surface area contributed by atoms with Crippen LogP contribution in [0.5, 0.6) is 5.75 Å². The summed E-state index contributed by atoms with van der Waals surface area (Å²) >= 11 is 5.94. The molecule has 2 amide bonds. The molecule has 0 radical (unpaired) electrons. The number of rotatable bonds is 7. The Labute approximate surface area is 168 Å². The third-order valence-electron chi connectivity index (χ3n) is 4.01. The van der Waals surface area contributed by atoms with E-state index in [9.17, 15) is 14.9 Å². The van der Waals surface area contributed by atoms with Crippen LogP contribution in [0.3, 0.4) is 0 Å². The highest BCUT2D eigenvalue weighted by Crippen LogP contribution is 2.27. The number of methoxy groups -OCH3 is 1. The van der Waals surface area contributed by atoms with Crippen LogP contribution in [0.2, 0.25) is 5.02 Å². The molecule has 0 saturated carbocycles. The van der Waals surface area contributed by atoms with E-state index in [1.165, 1.54) is 12.0 Å². The first kappa shape index (κ1) is 21.3. The fourth-order valence-electron chi connectivity index (χ4n) is 2.53. The molecule has 2 rings (SSSR count).